The van der Waals surface area contributed by atoms with Crippen LogP contribution in [0.25, 0.3) is 0 Å². The van der Waals surface area contributed by atoms with Crippen molar-refractivity contribution in [1.29, 1.82) is 0 Å². The average Bonchev–Trinajstić information content (AvgIpc) is 2.44. The summed E-state index contributed by atoms with van der Waals surface area (Å²) >= 11 is 0. The van der Waals surface area contributed by atoms with Crippen molar-refractivity contribution in [1.82, 2.24) is 9.97 Å². The van der Waals surface area contributed by atoms with Crippen molar-refractivity contribution in [3.05, 3.63) is 58.7 Å². The molecule has 7 heteroatoms. The molecule has 0 unspecified atom stereocenters. The molecule has 2 nitrogen and oxygen atoms in total. The van der Waals surface area contributed by atoms with Gasteiger partial charge in [-0.05, 0) is 36.1 Å². The summed E-state index contributed by atoms with van der Waals surface area (Å²) in [5.41, 5.74) is -0.737. The van der Waals surface area contributed by atoms with E-state index in [1.807, 2.05) is 6.92 Å². The van der Waals surface area contributed by atoms with Crippen LogP contribution in [-0.4, -0.2) is 9.97 Å². The summed E-state index contributed by atoms with van der Waals surface area (Å²) in [6.07, 6.45) is 0.572. The van der Waals surface area contributed by atoms with Gasteiger partial charge in [0.2, 0.25) is 0 Å². The maximum Gasteiger partial charge on any atom is 0.422 e. The topological polar surface area (TPSA) is 25.8 Å². The molecule has 0 N–H and O–H groups in total. The van der Waals surface area contributed by atoms with Crippen LogP contribution in [0, 0.1) is 11.6 Å². The van der Waals surface area contributed by atoms with E-state index in [1.54, 1.807) is 12.4 Å². The monoisotopic (exact) mass is 330 g/mol. The SMILES string of the molecule is CCCc1cnc(CCc2cc(F)c(C(F)(F)F)c(F)c2)nc1. The second-order valence-corrected chi connectivity index (χ2v) is 5.19. The number of hydrogen-bond acceptors (Lipinski definition) is 2. The molecule has 0 radical (unpaired) electrons. The number of halogens is 5. The van der Waals surface area contributed by atoms with Crippen molar-refractivity contribution < 1.29 is 22.0 Å². The molecule has 2 aromatic rings. The summed E-state index contributed by atoms with van der Waals surface area (Å²) in [6, 6.07) is 1.41. The summed E-state index contributed by atoms with van der Waals surface area (Å²) in [4.78, 5) is 8.27. The Balaban J connectivity index is 2.09. The Morgan fingerprint density at radius 2 is 1.43 bits per heavy atom. The van der Waals surface area contributed by atoms with E-state index < -0.39 is 23.4 Å². The third-order valence-corrected chi connectivity index (χ3v) is 3.32. The van der Waals surface area contributed by atoms with Gasteiger partial charge in [0, 0.05) is 18.8 Å². The lowest BCUT2D eigenvalue weighted by Crippen LogP contribution is -2.12. The summed E-state index contributed by atoms with van der Waals surface area (Å²) in [5.74, 6) is -2.73. The Hall–Kier alpha value is -2.05. The van der Waals surface area contributed by atoms with Gasteiger partial charge in [0.1, 0.15) is 23.0 Å². The first kappa shape index (κ1) is 17.3. The number of hydrogen-bond donors (Lipinski definition) is 0. The molecule has 1 aromatic carbocycles. The molecule has 0 aliphatic heterocycles. The highest BCUT2D eigenvalue weighted by Crippen LogP contribution is 2.34. The third-order valence-electron chi connectivity index (χ3n) is 3.32. The van der Waals surface area contributed by atoms with Gasteiger partial charge in [-0.25, -0.2) is 18.7 Å². The van der Waals surface area contributed by atoms with Crippen molar-refractivity contribution in [3.63, 3.8) is 0 Å². The number of aryl methyl sites for hydroxylation is 3. The van der Waals surface area contributed by atoms with E-state index in [1.165, 1.54) is 0 Å². The highest BCUT2D eigenvalue weighted by molar-refractivity contribution is 5.28. The second kappa shape index (κ2) is 7.02. The maximum atomic E-state index is 13.5. The zero-order chi connectivity index (χ0) is 17.0. The van der Waals surface area contributed by atoms with Gasteiger partial charge in [-0.1, -0.05) is 13.3 Å². The normalized spacial score (nSPS) is 11.7. The van der Waals surface area contributed by atoms with Crippen LogP contribution in [0.3, 0.4) is 0 Å². The zero-order valence-electron chi connectivity index (χ0n) is 12.4. The minimum atomic E-state index is -5.05. The number of aromatic nitrogens is 2. The Labute approximate surface area is 130 Å². The molecular weight excluding hydrogens is 315 g/mol. The second-order valence-electron chi connectivity index (χ2n) is 5.19. The van der Waals surface area contributed by atoms with Crippen LogP contribution >= 0.6 is 0 Å². The number of nitrogens with zero attached hydrogens (tertiary/aromatic N) is 2. The molecular formula is C16H15F5N2. The number of rotatable bonds is 5. The fourth-order valence-electron chi connectivity index (χ4n) is 2.23. The van der Waals surface area contributed by atoms with E-state index in [0.717, 1.165) is 18.4 Å². The Kier molecular flexibility index (Phi) is 5.28. The molecule has 0 saturated heterocycles. The molecule has 1 heterocycles. The van der Waals surface area contributed by atoms with Crippen LogP contribution in [0.15, 0.2) is 24.5 Å². The first-order valence-corrected chi connectivity index (χ1v) is 7.16. The van der Waals surface area contributed by atoms with E-state index in [4.69, 9.17) is 0 Å². The predicted octanol–water partition coefficient (Wildman–Crippen LogP) is 4.51. The standard InChI is InChI=1S/C16H15F5N2/c1-2-3-11-8-22-14(23-9-11)5-4-10-6-12(17)15(13(18)7-10)16(19,20)21/h6-9H,2-5H2,1H3. The lowest BCUT2D eigenvalue weighted by molar-refractivity contribution is -0.142. The van der Waals surface area contributed by atoms with Crippen LogP contribution in [0.4, 0.5) is 22.0 Å². The largest absolute Gasteiger partial charge is 0.422 e. The Bertz CT molecular complexity index is 642. The van der Waals surface area contributed by atoms with Crippen LogP contribution in [-0.2, 0) is 25.4 Å². The summed E-state index contributed by atoms with van der Waals surface area (Å²) in [7, 11) is 0. The minimum Gasteiger partial charge on any atom is -0.241 e. The van der Waals surface area contributed by atoms with Crippen LogP contribution < -0.4 is 0 Å². The Morgan fingerprint density at radius 3 is 1.91 bits per heavy atom. The van der Waals surface area contributed by atoms with Gasteiger partial charge in [0.25, 0.3) is 0 Å². The zero-order valence-corrected chi connectivity index (χ0v) is 12.4. The summed E-state index contributed by atoms with van der Waals surface area (Å²) in [6.45, 7) is 2.03. The molecule has 0 bridgehead atoms. The lowest BCUT2D eigenvalue weighted by atomic mass is 10.1. The van der Waals surface area contributed by atoms with Crippen molar-refractivity contribution in [2.45, 2.75) is 38.8 Å². The van der Waals surface area contributed by atoms with Gasteiger partial charge in [0.15, 0.2) is 0 Å². The fourth-order valence-corrected chi connectivity index (χ4v) is 2.23. The predicted molar refractivity (Wildman–Crippen MR) is 74.8 cm³/mol. The average molecular weight is 330 g/mol. The van der Waals surface area contributed by atoms with Crippen molar-refractivity contribution in [3.8, 4) is 0 Å². The molecule has 124 valence electrons. The molecule has 0 amide bonds. The van der Waals surface area contributed by atoms with Crippen LogP contribution in [0.1, 0.15) is 35.9 Å². The number of benzene rings is 1. The van der Waals surface area contributed by atoms with E-state index in [2.05, 4.69) is 9.97 Å². The van der Waals surface area contributed by atoms with Gasteiger partial charge >= 0.3 is 6.18 Å². The molecule has 0 atom stereocenters. The first-order chi connectivity index (χ1) is 10.8. The van der Waals surface area contributed by atoms with E-state index in [0.29, 0.717) is 18.0 Å². The lowest BCUT2D eigenvalue weighted by Gasteiger charge is -2.11. The molecule has 0 fully saturated rings. The third kappa shape index (κ3) is 4.46. The molecule has 0 aliphatic carbocycles. The molecule has 0 saturated carbocycles. The quantitative estimate of drug-likeness (QED) is 0.754. The van der Waals surface area contributed by atoms with Crippen molar-refractivity contribution in [2.24, 2.45) is 0 Å². The van der Waals surface area contributed by atoms with Crippen molar-refractivity contribution >= 4 is 0 Å². The smallest absolute Gasteiger partial charge is 0.241 e. The molecule has 0 spiro atoms. The minimum absolute atomic E-state index is 0.134. The number of alkyl halides is 3. The molecule has 1 aromatic heterocycles. The van der Waals surface area contributed by atoms with Gasteiger partial charge in [-0.15, -0.1) is 0 Å². The molecule has 2 rings (SSSR count). The van der Waals surface area contributed by atoms with Gasteiger partial charge < -0.3 is 0 Å². The van der Waals surface area contributed by atoms with E-state index in [-0.39, 0.29) is 18.4 Å². The summed E-state index contributed by atoms with van der Waals surface area (Å²) in [5, 5.41) is 0. The van der Waals surface area contributed by atoms with E-state index >= 15 is 0 Å². The first-order valence-electron chi connectivity index (χ1n) is 7.16. The Morgan fingerprint density at radius 1 is 0.870 bits per heavy atom. The van der Waals surface area contributed by atoms with Gasteiger partial charge in [0.05, 0.1) is 0 Å². The summed E-state index contributed by atoms with van der Waals surface area (Å²) < 4.78 is 64.4. The van der Waals surface area contributed by atoms with Crippen LogP contribution in [0.5, 0.6) is 0 Å². The van der Waals surface area contributed by atoms with E-state index in [9.17, 15) is 22.0 Å². The van der Waals surface area contributed by atoms with Gasteiger partial charge in [-0.3, -0.25) is 0 Å². The van der Waals surface area contributed by atoms with Crippen molar-refractivity contribution in [2.75, 3.05) is 0 Å². The molecule has 23 heavy (non-hydrogen) atoms. The fraction of sp³-hybridized carbons (Fsp3) is 0.375. The highest BCUT2D eigenvalue weighted by atomic mass is 19.4. The molecule has 0 aliphatic rings. The highest BCUT2D eigenvalue weighted by Gasteiger charge is 2.37. The van der Waals surface area contributed by atoms with Crippen LogP contribution in [0.2, 0.25) is 0 Å². The van der Waals surface area contributed by atoms with Gasteiger partial charge in [-0.2, -0.15) is 13.2 Å². The maximum absolute atomic E-state index is 13.5.